The predicted octanol–water partition coefficient (Wildman–Crippen LogP) is 4.45. The van der Waals surface area contributed by atoms with Crippen molar-refractivity contribution in [3.63, 3.8) is 0 Å². The fourth-order valence-electron chi connectivity index (χ4n) is 2.90. The zero-order chi connectivity index (χ0) is 12.0. The molecule has 2 heteroatoms. The second kappa shape index (κ2) is 7.00. The molecule has 0 heterocycles. The summed E-state index contributed by atoms with van der Waals surface area (Å²) in [6.07, 6.45) is 8.33. The minimum atomic E-state index is 0.499. The molecule has 1 fully saturated rings. The van der Waals surface area contributed by atoms with E-state index in [0.29, 0.717) is 5.41 Å². The first-order valence-corrected chi connectivity index (χ1v) is 8.13. The van der Waals surface area contributed by atoms with E-state index in [1.165, 1.54) is 51.6 Å². The monoisotopic (exact) mass is 289 g/mol. The van der Waals surface area contributed by atoms with Gasteiger partial charge in [-0.2, -0.15) is 0 Å². The molecule has 0 atom stereocenters. The van der Waals surface area contributed by atoms with Crippen LogP contribution in [0.3, 0.4) is 0 Å². The molecule has 1 nitrogen and oxygen atoms in total. The van der Waals surface area contributed by atoms with E-state index in [4.69, 9.17) is 0 Å². The lowest BCUT2D eigenvalue weighted by Crippen LogP contribution is -2.43. The van der Waals surface area contributed by atoms with Crippen LogP contribution >= 0.6 is 15.9 Å². The Bertz CT molecular complexity index is 175. The Kier molecular flexibility index (Phi) is 6.35. The summed E-state index contributed by atoms with van der Waals surface area (Å²) in [7, 11) is 0. The van der Waals surface area contributed by atoms with Crippen LogP contribution in [0.5, 0.6) is 0 Å². The van der Waals surface area contributed by atoms with Gasteiger partial charge in [-0.25, -0.2) is 0 Å². The molecule has 0 N–H and O–H groups in total. The third-order valence-corrected chi connectivity index (χ3v) is 5.76. The van der Waals surface area contributed by atoms with Crippen LogP contribution in [-0.4, -0.2) is 29.4 Å². The van der Waals surface area contributed by atoms with E-state index in [1.807, 2.05) is 0 Å². The standard InChI is InChI=1S/C14H28BrN/c1-4-14(5-2,11-15)12-16(6-3)13-9-7-8-10-13/h13H,4-12H2,1-3H3. The van der Waals surface area contributed by atoms with E-state index in [9.17, 15) is 0 Å². The summed E-state index contributed by atoms with van der Waals surface area (Å²) >= 11 is 3.73. The summed E-state index contributed by atoms with van der Waals surface area (Å²) in [6, 6.07) is 0.876. The van der Waals surface area contributed by atoms with Crippen LogP contribution in [0.2, 0.25) is 0 Å². The number of halogens is 1. The maximum absolute atomic E-state index is 3.73. The Labute approximate surface area is 110 Å². The zero-order valence-electron chi connectivity index (χ0n) is 11.3. The molecule has 1 saturated carbocycles. The lowest BCUT2D eigenvalue weighted by molar-refractivity contribution is 0.122. The molecular formula is C14H28BrN. The van der Waals surface area contributed by atoms with Gasteiger partial charge in [-0.3, -0.25) is 0 Å². The Balaban J connectivity index is 2.58. The van der Waals surface area contributed by atoms with Crippen molar-refractivity contribution in [1.82, 2.24) is 4.90 Å². The van der Waals surface area contributed by atoms with Gasteiger partial charge in [0.15, 0.2) is 0 Å². The summed E-state index contributed by atoms with van der Waals surface area (Å²) in [5, 5.41) is 1.15. The van der Waals surface area contributed by atoms with Crippen molar-refractivity contribution < 1.29 is 0 Å². The van der Waals surface area contributed by atoms with Crippen molar-refractivity contribution in [2.24, 2.45) is 5.41 Å². The Morgan fingerprint density at radius 1 is 1.12 bits per heavy atom. The quantitative estimate of drug-likeness (QED) is 0.626. The first-order valence-electron chi connectivity index (χ1n) is 7.01. The molecule has 0 spiro atoms. The fourth-order valence-corrected chi connectivity index (χ4v) is 3.87. The molecule has 0 aliphatic heterocycles. The molecule has 0 radical (unpaired) electrons. The highest BCUT2D eigenvalue weighted by Crippen LogP contribution is 2.33. The van der Waals surface area contributed by atoms with Crippen LogP contribution in [0.25, 0.3) is 0 Å². The summed E-state index contributed by atoms with van der Waals surface area (Å²) in [4.78, 5) is 2.74. The first kappa shape index (κ1) is 14.5. The molecule has 0 unspecified atom stereocenters. The van der Waals surface area contributed by atoms with Crippen molar-refractivity contribution in [3.8, 4) is 0 Å². The minimum Gasteiger partial charge on any atom is -0.300 e. The molecule has 0 aromatic carbocycles. The average Bonchev–Trinajstić information content (AvgIpc) is 2.85. The molecule has 1 aliphatic carbocycles. The maximum atomic E-state index is 3.73. The van der Waals surface area contributed by atoms with Gasteiger partial charge in [0.1, 0.15) is 0 Å². The number of hydrogen-bond acceptors (Lipinski definition) is 1. The third kappa shape index (κ3) is 3.46. The molecule has 1 rings (SSSR count). The maximum Gasteiger partial charge on any atom is 0.01000 e. The van der Waals surface area contributed by atoms with Crippen molar-refractivity contribution in [2.45, 2.75) is 65.3 Å². The molecule has 0 amide bonds. The number of alkyl halides is 1. The number of hydrogen-bond donors (Lipinski definition) is 0. The van der Waals surface area contributed by atoms with Gasteiger partial charge >= 0.3 is 0 Å². The highest BCUT2D eigenvalue weighted by Gasteiger charge is 2.31. The predicted molar refractivity (Wildman–Crippen MR) is 76.3 cm³/mol. The highest BCUT2D eigenvalue weighted by molar-refractivity contribution is 9.09. The molecule has 1 aliphatic rings. The smallest absolute Gasteiger partial charge is 0.01000 e. The van der Waals surface area contributed by atoms with E-state index in [-0.39, 0.29) is 0 Å². The van der Waals surface area contributed by atoms with Crippen molar-refractivity contribution in [3.05, 3.63) is 0 Å². The summed E-state index contributed by atoms with van der Waals surface area (Å²) < 4.78 is 0. The van der Waals surface area contributed by atoms with Gasteiger partial charge in [-0.1, -0.05) is 49.5 Å². The molecule has 0 aromatic heterocycles. The fraction of sp³-hybridized carbons (Fsp3) is 1.00. The van der Waals surface area contributed by atoms with Gasteiger partial charge in [-0.05, 0) is 37.6 Å². The van der Waals surface area contributed by atoms with Crippen molar-refractivity contribution in [1.29, 1.82) is 0 Å². The van der Waals surface area contributed by atoms with E-state index in [1.54, 1.807) is 0 Å². The van der Waals surface area contributed by atoms with E-state index in [0.717, 1.165) is 11.4 Å². The van der Waals surface area contributed by atoms with Gasteiger partial charge in [-0.15, -0.1) is 0 Å². The van der Waals surface area contributed by atoms with Crippen LogP contribution in [0.1, 0.15) is 59.3 Å². The summed E-state index contributed by atoms with van der Waals surface area (Å²) in [6.45, 7) is 9.51. The molecule has 16 heavy (non-hydrogen) atoms. The van der Waals surface area contributed by atoms with Crippen molar-refractivity contribution >= 4 is 15.9 Å². The molecule has 96 valence electrons. The Morgan fingerprint density at radius 3 is 2.06 bits per heavy atom. The van der Waals surface area contributed by atoms with Crippen LogP contribution in [-0.2, 0) is 0 Å². The van der Waals surface area contributed by atoms with Crippen LogP contribution in [0.15, 0.2) is 0 Å². The van der Waals surface area contributed by atoms with Gasteiger partial charge in [0.25, 0.3) is 0 Å². The van der Waals surface area contributed by atoms with Gasteiger partial charge in [0.2, 0.25) is 0 Å². The van der Waals surface area contributed by atoms with Crippen LogP contribution in [0.4, 0.5) is 0 Å². The zero-order valence-corrected chi connectivity index (χ0v) is 12.9. The molecule has 0 aromatic rings. The topological polar surface area (TPSA) is 3.24 Å². The second-order valence-corrected chi connectivity index (χ2v) is 5.90. The Hall–Kier alpha value is 0.440. The number of nitrogens with zero attached hydrogens (tertiary/aromatic N) is 1. The second-order valence-electron chi connectivity index (χ2n) is 5.34. The largest absolute Gasteiger partial charge is 0.300 e. The van der Waals surface area contributed by atoms with Crippen molar-refractivity contribution in [2.75, 3.05) is 18.4 Å². The van der Waals surface area contributed by atoms with Gasteiger partial charge in [0.05, 0.1) is 0 Å². The summed E-state index contributed by atoms with van der Waals surface area (Å²) in [5.41, 5.74) is 0.499. The lowest BCUT2D eigenvalue weighted by atomic mass is 9.83. The first-order chi connectivity index (χ1) is 7.71. The van der Waals surface area contributed by atoms with Crippen LogP contribution < -0.4 is 0 Å². The van der Waals surface area contributed by atoms with Crippen LogP contribution in [0, 0.1) is 5.41 Å². The van der Waals surface area contributed by atoms with E-state index >= 15 is 0 Å². The molecule has 0 saturated heterocycles. The highest BCUT2D eigenvalue weighted by atomic mass is 79.9. The molecule has 0 bridgehead atoms. The molecular weight excluding hydrogens is 262 g/mol. The van der Waals surface area contributed by atoms with Gasteiger partial charge < -0.3 is 4.90 Å². The van der Waals surface area contributed by atoms with Gasteiger partial charge in [0, 0.05) is 17.9 Å². The minimum absolute atomic E-state index is 0.499. The summed E-state index contributed by atoms with van der Waals surface area (Å²) in [5.74, 6) is 0. The number of rotatable bonds is 7. The lowest BCUT2D eigenvalue weighted by Gasteiger charge is -2.38. The van der Waals surface area contributed by atoms with E-state index < -0.39 is 0 Å². The normalized spacial score (nSPS) is 18.6. The third-order valence-electron chi connectivity index (χ3n) is 4.57. The SMILES string of the molecule is CCN(CC(CC)(CC)CBr)C1CCCC1. The average molecular weight is 290 g/mol. The Morgan fingerprint density at radius 2 is 1.69 bits per heavy atom. The van der Waals surface area contributed by atoms with E-state index in [2.05, 4.69) is 41.6 Å².